The number of halogens is 4. The molecule has 120 valence electrons. The van der Waals surface area contributed by atoms with E-state index in [1.807, 2.05) is 6.92 Å². The molecule has 0 aliphatic heterocycles. The maximum atomic E-state index is 13.5. The lowest BCUT2D eigenvalue weighted by Gasteiger charge is -2.10. The van der Waals surface area contributed by atoms with Gasteiger partial charge in [-0.3, -0.25) is 0 Å². The normalized spacial score (nSPS) is 11.6. The van der Waals surface area contributed by atoms with Crippen molar-refractivity contribution < 1.29 is 17.6 Å². The van der Waals surface area contributed by atoms with Crippen molar-refractivity contribution in [1.82, 2.24) is 14.8 Å². The Bertz CT molecular complexity index is 858. The van der Waals surface area contributed by atoms with Gasteiger partial charge >= 0.3 is 0 Å². The average Bonchev–Trinajstić information content (AvgIpc) is 2.86. The maximum Gasteiger partial charge on any atom is 0.282 e. The molecule has 2 heterocycles. The van der Waals surface area contributed by atoms with Crippen molar-refractivity contribution >= 4 is 10.9 Å². The largest absolute Gasteiger partial charge is 0.340 e. The zero-order valence-corrected chi connectivity index (χ0v) is 12.2. The van der Waals surface area contributed by atoms with Crippen LogP contribution in [-0.2, 0) is 6.54 Å². The van der Waals surface area contributed by atoms with E-state index in [2.05, 4.69) is 10.2 Å². The van der Waals surface area contributed by atoms with Gasteiger partial charge in [-0.25, -0.2) is 17.6 Å². The lowest BCUT2D eigenvalue weighted by Crippen LogP contribution is -2.01. The van der Waals surface area contributed by atoms with Gasteiger partial charge in [0.25, 0.3) is 6.43 Å². The topological polar surface area (TPSA) is 30.7 Å². The summed E-state index contributed by atoms with van der Waals surface area (Å²) < 4.78 is 54.4. The van der Waals surface area contributed by atoms with Crippen molar-refractivity contribution in [2.24, 2.45) is 0 Å². The van der Waals surface area contributed by atoms with Crippen LogP contribution in [0.1, 0.15) is 25.5 Å². The number of rotatable bonds is 4. The zero-order chi connectivity index (χ0) is 16.6. The highest BCUT2D eigenvalue weighted by Crippen LogP contribution is 2.31. The van der Waals surface area contributed by atoms with Crippen molar-refractivity contribution in [3.8, 4) is 11.3 Å². The van der Waals surface area contributed by atoms with Crippen LogP contribution in [0.5, 0.6) is 0 Å². The van der Waals surface area contributed by atoms with Gasteiger partial charge in [0.1, 0.15) is 5.69 Å². The van der Waals surface area contributed by atoms with Gasteiger partial charge in [0.2, 0.25) is 0 Å². The summed E-state index contributed by atoms with van der Waals surface area (Å²) >= 11 is 0. The van der Waals surface area contributed by atoms with Crippen LogP contribution in [0.25, 0.3) is 22.2 Å². The Kier molecular flexibility index (Phi) is 4.02. The minimum atomic E-state index is -2.73. The Morgan fingerprint density at radius 3 is 2.52 bits per heavy atom. The molecule has 0 spiro atoms. The first kappa shape index (κ1) is 15.5. The van der Waals surface area contributed by atoms with E-state index in [4.69, 9.17) is 0 Å². The number of aryl methyl sites for hydroxylation is 1. The Labute approximate surface area is 129 Å². The van der Waals surface area contributed by atoms with E-state index in [1.165, 1.54) is 12.3 Å². The standard InChI is InChI=1S/C16H13F4N3/c1-2-3-23-14(10-5-13(16(19)20)22-21-8-10)6-9-4-11(17)12(18)7-15(9)23/h4-8,16H,2-3H2,1H3. The van der Waals surface area contributed by atoms with Gasteiger partial charge in [-0.15, -0.1) is 5.10 Å². The Hall–Kier alpha value is -2.44. The van der Waals surface area contributed by atoms with Crippen LogP contribution in [-0.4, -0.2) is 14.8 Å². The van der Waals surface area contributed by atoms with Gasteiger partial charge in [-0.2, -0.15) is 5.10 Å². The molecule has 3 rings (SSSR count). The van der Waals surface area contributed by atoms with Crippen molar-refractivity contribution in [1.29, 1.82) is 0 Å². The van der Waals surface area contributed by atoms with Gasteiger partial charge in [-0.1, -0.05) is 6.92 Å². The van der Waals surface area contributed by atoms with Crippen LogP contribution in [0.2, 0.25) is 0 Å². The Morgan fingerprint density at radius 1 is 1.09 bits per heavy atom. The van der Waals surface area contributed by atoms with E-state index in [9.17, 15) is 17.6 Å². The third-order valence-corrected chi connectivity index (χ3v) is 3.58. The van der Waals surface area contributed by atoms with E-state index in [0.717, 1.165) is 18.6 Å². The fourth-order valence-corrected chi connectivity index (χ4v) is 2.59. The van der Waals surface area contributed by atoms with Crippen molar-refractivity contribution in [2.45, 2.75) is 26.3 Å². The number of aromatic nitrogens is 3. The summed E-state index contributed by atoms with van der Waals surface area (Å²) in [4.78, 5) is 0. The smallest absolute Gasteiger partial charge is 0.282 e. The fourth-order valence-electron chi connectivity index (χ4n) is 2.59. The van der Waals surface area contributed by atoms with Crippen molar-refractivity contribution in [3.63, 3.8) is 0 Å². The molecule has 0 atom stereocenters. The summed E-state index contributed by atoms with van der Waals surface area (Å²) in [5.74, 6) is -1.89. The molecule has 0 saturated heterocycles. The average molecular weight is 323 g/mol. The van der Waals surface area contributed by atoms with Crippen molar-refractivity contribution in [3.05, 3.63) is 47.8 Å². The van der Waals surface area contributed by atoms with Gasteiger partial charge < -0.3 is 4.57 Å². The number of nitrogens with zero attached hydrogens (tertiary/aromatic N) is 3. The van der Waals surface area contributed by atoms with E-state index in [1.54, 1.807) is 10.6 Å². The quantitative estimate of drug-likeness (QED) is 0.650. The molecule has 3 aromatic rings. The highest BCUT2D eigenvalue weighted by atomic mass is 19.3. The Morgan fingerprint density at radius 2 is 1.83 bits per heavy atom. The molecule has 0 bridgehead atoms. The fraction of sp³-hybridized carbons (Fsp3) is 0.250. The molecule has 0 aliphatic rings. The molecule has 7 heteroatoms. The van der Waals surface area contributed by atoms with Crippen LogP contribution in [0.4, 0.5) is 17.6 Å². The third kappa shape index (κ3) is 2.78. The first-order valence-electron chi connectivity index (χ1n) is 7.10. The lowest BCUT2D eigenvalue weighted by atomic mass is 10.2. The summed E-state index contributed by atoms with van der Waals surface area (Å²) in [6, 6.07) is 5.10. The molecule has 23 heavy (non-hydrogen) atoms. The molecule has 0 saturated carbocycles. The second-order valence-electron chi connectivity index (χ2n) is 5.18. The summed E-state index contributed by atoms with van der Waals surface area (Å²) in [6.45, 7) is 2.47. The zero-order valence-electron chi connectivity index (χ0n) is 12.2. The predicted molar refractivity (Wildman–Crippen MR) is 78.1 cm³/mol. The summed E-state index contributed by atoms with van der Waals surface area (Å²) in [6.07, 6.45) is -0.629. The lowest BCUT2D eigenvalue weighted by molar-refractivity contribution is 0.145. The maximum absolute atomic E-state index is 13.5. The number of hydrogen-bond donors (Lipinski definition) is 0. The number of alkyl halides is 2. The number of fused-ring (bicyclic) bond motifs is 1. The van der Waals surface area contributed by atoms with Gasteiger partial charge in [-0.05, 0) is 24.6 Å². The molecule has 0 radical (unpaired) electrons. The molecule has 0 N–H and O–H groups in total. The van der Waals surface area contributed by atoms with Crippen molar-refractivity contribution in [2.75, 3.05) is 0 Å². The van der Waals surface area contributed by atoms with E-state index in [-0.39, 0.29) is 0 Å². The molecule has 2 aromatic heterocycles. The third-order valence-electron chi connectivity index (χ3n) is 3.58. The first-order chi connectivity index (χ1) is 11.0. The van der Waals surface area contributed by atoms with Gasteiger partial charge in [0.15, 0.2) is 11.6 Å². The van der Waals surface area contributed by atoms with Gasteiger partial charge in [0.05, 0.1) is 17.4 Å². The van der Waals surface area contributed by atoms with E-state index in [0.29, 0.717) is 28.7 Å². The highest BCUT2D eigenvalue weighted by molar-refractivity contribution is 5.87. The number of benzene rings is 1. The summed E-state index contributed by atoms with van der Waals surface area (Å²) in [5.41, 5.74) is 1.08. The summed E-state index contributed by atoms with van der Waals surface area (Å²) in [5, 5.41) is 7.49. The minimum absolute atomic E-state index is 0.431. The minimum Gasteiger partial charge on any atom is -0.340 e. The van der Waals surface area contributed by atoms with Crippen LogP contribution in [0.15, 0.2) is 30.5 Å². The first-order valence-corrected chi connectivity index (χ1v) is 7.10. The molecular weight excluding hydrogens is 310 g/mol. The Balaban J connectivity index is 2.24. The monoisotopic (exact) mass is 323 g/mol. The molecule has 0 aliphatic carbocycles. The van der Waals surface area contributed by atoms with E-state index < -0.39 is 23.8 Å². The highest BCUT2D eigenvalue weighted by Gasteiger charge is 2.16. The molecule has 0 unspecified atom stereocenters. The molecule has 1 aromatic carbocycles. The molecule has 3 nitrogen and oxygen atoms in total. The van der Waals surface area contributed by atoms with Crippen LogP contribution in [0, 0.1) is 11.6 Å². The van der Waals surface area contributed by atoms with Crippen LogP contribution >= 0.6 is 0 Å². The van der Waals surface area contributed by atoms with Gasteiger partial charge in [0, 0.05) is 23.6 Å². The molecular formula is C16H13F4N3. The van der Waals surface area contributed by atoms with Crippen LogP contribution in [0.3, 0.4) is 0 Å². The number of hydrogen-bond acceptors (Lipinski definition) is 2. The van der Waals surface area contributed by atoms with Crippen LogP contribution < -0.4 is 0 Å². The SMILES string of the molecule is CCCn1c(-c2cnnc(C(F)F)c2)cc2cc(F)c(F)cc21. The van der Waals surface area contributed by atoms with E-state index >= 15 is 0 Å². The summed E-state index contributed by atoms with van der Waals surface area (Å²) in [7, 11) is 0. The molecule has 0 fully saturated rings. The second-order valence-corrected chi connectivity index (χ2v) is 5.18. The second kappa shape index (κ2) is 5.98. The molecule has 0 amide bonds. The predicted octanol–water partition coefficient (Wildman–Crippen LogP) is 4.72.